The number of nitrogens with one attached hydrogen (secondary N) is 2. The van der Waals surface area contributed by atoms with E-state index in [-0.39, 0.29) is 5.91 Å². The second-order valence-corrected chi connectivity index (χ2v) is 8.21. The van der Waals surface area contributed by atoms with Gasteiger partial charge in [0.05, 0.1) is 11.3 Å². The number of benzene rings is 1. The third kappa shape index (κ3) is 4.09. The number of carbonyl (C=O) groups excluding carboxylic acids is 1. The Morgan fingerprint density at radius 3 is 2.70 bits per heavy atom. The molecule has 8 heteroatoms. The molecule has 1 amide bonds. The summed E-state index contributed by atoms with van der Waals surface area (Å²) in [5.41, 5.74) is 3.93. The van der Waals surface area contributed by atoms with E-state index in [1.54, 1.807) is 22.6 Å². The molecule has 2 aromatic heterocycles. The first-order valence-corrected chi connectivity index (χ1v) is 10.9. The highest BCUT2D eigenvalue weighted by atomic mass is 32.2. The van der Waals surface area contributed by atoms with Crippen molar-refractivity contribution in [2.24, 2.45) is 0 Å². The summed E-state index contributed by atoms with van der Waals surface area (Å²) in [6.07, 6.45) is 2.76. The average molecular weight is 421 g/mol. The van der Waals surface area contributed by atoms with E-state index in [1.165, 1.54) is 0 Å². The van der Waals surface area contributed by atoms with Crippen LogP contribution in [0, 0.1) is 6.92 Å². The normalized spacial score (nSPS) is 15.5. The Hall–Kier alpha value is -3.13. The minimum atomic E-state index is -0.462. The van der Waals surface area contributed by atoms with Gasteiger partial charge in [0.15, 0.2) is 0 Å². The minimum absolute atomic E-state index is 0.191. The lowest BCUT2D eigenvalue weighted by molar-refractivity contribution is -0.113. The molecule has 1 aliphatic rings. The molecule has 0 aliphatic carbocycles. The molecular weight excluding hydrogens is 396 g/mol. The number of nitrogens with zero attached hydrogens (tertiary/aromatic N) is 4. The molecule has 4 rings (SSSR count). The van der Waals surface area contributed by atoms with E-state index in [0.717, 1.165) is 34.8 Å². The lowest BCUT2D eigenvalue weighted by Crippen LogP contribution is -2.32. The second kappa shape index (κ2) is 8.71. The molecule has 154 valence electrons. The Balaban J connectivity index is 1.73. The number of anilines is 2. The van der Waals surface area contributed by atoms with Crippen molar-refractivity contribution in [1.82, 2.24) is 19.7 Å². The summed E-state index contributed by atoms with van der Waals surface area (Å²) in [4.78, 5) is 22.5. The first kappa shape index (κ1) is 20.2. The first-order valence-electron chi connectivity index (χ1n) is 9.93. The number of hydrogen-bond donors (Lipinski definition) is 2. The molecule has 0 fully saturated rings. The van der Waals surface area contributed by atoms with Gasteiger partial charge in [0.25, 0.3) is 5.91 Å². The van der Waals surface area contributed by atoms with Crippen molar-refractivity contribution in [1.29, 1.82) is 0 Å². The molecule has 2 N–H and O–H groups in total. The Bertz CT molecular complexity index is 1070. The van der Waals surface area contributed by atoms with Gasteiger partial charge in [0.2, 0.25) is 11.1 Å². The van der Waals surface area contributed by atoms with Gasteiger partial charge in [-0.05, 0) is 44.5 Å². The van der Waals surface area contributed by atoms with Crippen molar-refractivity contribution in [2.45, 2.75) is 38.4 Å². The number of allylic oxidation sites excluding steroid dienone is 1. The molecule has 30 heavy (non-hydrogen) atoms. The molecule has 1 aliphatic heterocycles. The molecule has 0 bridgehead atoms. The van der Waals surface area contributed by atoms with Gasteiger partial charge in [-0.1, -0.05) is 42.4 Å². The van der Waals surface area contributed by atoms with Gasteiger partial charge in [-0.3, -0.25) is 9.78 Å². The number of thioether (sulfide) groups is 1. The van der Waals surface area contributed by atoms with Crippen LogP contribution in [0.15, 0.2) is 65.1 Å². The Morgan fingerprint density at radius 1 is 1.20 bits per heavy atom. The first-order chi connectivity index (χ1) is 14.6. The Morgan fingerprint density at radius 2 is 2.00 bits per heavy atom. The summed E-state index contributed by atoms with van der Waals surface area (Å²) in [7, 11) is 0. The highest BCUT2D eigenvalue weighted by Gasteiger charge is 2.35. The van der Waals surface area contributed by atoms with Crippen LogP contribution in [0.5, 0.6) is 0 Å². The fourth-order valence-corrected chi connectivity index (χ4v) is 4.01. The van der Waals surface area contributed by atoms with Crippen LogP contribution in [0.25, 0.3) is 0 Å². The fraction of sp³-hybridized carbons (Fsp3) is 0.273. The van der Waals surface area contributed by atoms with Crippen molar-refractivity contribution in [3.05, 3.63) is 71.2 Å². The fourth-order valence-electron chi connectivity index (χ4n) is 3.33. The number of aryl methyl sites for hydroxylation is 1. The van der Waals surface area contributed by atoms with Crippen LogP contribution in [-0.4, -0.2) is 31.4 Å². The predicted octanol–water partition coefficient (Wildman–Crippen LogP) is 4.41. The van der Waals surface area contributed by atoms with Gasteiger partial charge >= 0.3 is 0 Å². The van der Waals surface area contributed by atoms with Crippen LogP contribution < -0.4 is 10.6 Å². The summed E-state index contributed by atoms with van der Waals surface area (Å²) >= 11 is 1.60. The molecule has 0 spiro atoms. The topological polar surface area (TPSA) is 84.7 Å². The van der Waals surface area contributed by atoms with Crippen LogP contribution in [-0.2, 0) is 4.79 Å². The largest absolute Gasteiger partial charge is 0.328 e. The maximum absolute atomic E-state index is 13.3. The third-order valence-electron chi connectivity index (χ3n) is 4.79. The van der Waals surface area contributed by atoms with E-state index >= 15 is 0 Å². The lowest BCUT2D eigenvalue weighted by Gasteiger charge is -2.28. The monoisotopic (exact) mass is 420 g/mol. The van der Waals surface area contributed by atoms with Gasteiger partial charge in [-0.2, -0.15) is 4.98 Å². The van der Waals surface area contributed by atoms with E-state index in [0.29, 0.717) is 16.7 Å². The molecule has 0 saturated carbocycles. The maximum atomic E-state index is 13.3. The number of rotatable bonds is 6. The molecule has 0 radical (unpaired) electrons. The van der Waals surface area contributed by atoms with Gasteiger partial charge in [0, 0.05) is 23.3 Å². The van der Waals surface area contributed by atoms with Crippen molar-refractivity contribution in [3.63, 3.8) is 0 Å². The summed E-state index contributed by atoms with van der Waals surface area (Å²) in [6, 6.07) is 13.0. The minimum Gasteiger partial charge on any atom is -0.328 e. The smallest absolute Gasteiger partial charge is 0.255 e. The number of fused-ring (bicyclic) bond motifs is 1. The Kier molecular flexibility index (Phi) is 5.85. The zero-order valence-corrected chi connectivity index (χ0v) is 18.0. The van der Waals surface area contributed by atoms with Crippen molar-refractivity contribution in [2.75, 3.05) is 16.4 Å². The third-order valence-corrected chi connectivity index (χ3v) is 5.83. The van der Waals surface area contributed by atoms with E-state index in [1.807, 2.05) is 56.3 Å². The second-order valence-electron chi connectivity index (χ2n) is 7.15. The number of amides is 1. The number of carbonyl (C=O) groups is 1. The summed E-state index contributed by atoms with van der Waals surface area (Å²) in [5.74, 6) is 1.36. The molecular formula is C22H24N6OS. The molecule has 1 atom stereocenters. The number of pyridine rings is 1. The van der Waals surface area contributed by atoms with Crippen molar-refractivity contribution < 1.29 is 4.79 Å². The predicted molar refractivity (Wildman–Crippen MR) is 120 cm³/mol. The molecule has 1 aromatic carbocycles. The lowest BCUT2D eigenvalue weighted by atomic mass is 9.98. The van der Waals surface area contributed by atoms with Crippen LogP contribution >= 0.6 is 11.8 Å². The van der Waals surface area contributed by atoms with Crippen molar-refractivity contribution >= 4 is 29.3 Å². The van der Waals surface area contributed by atoms with E-state index in [9.17, 15) is 4.79 Å². The highest BCUT2D eigenvalue weighted by molar-refractivity contribution is 7.99. The number of aromatic nitrogens is 4. The Labute approximate surface area is 180 Å². The SMILES string of the molecule is CCCSc1nc2n(n1)C(c1ccccn1)C(C(=O)Nc1ccc(C)cc1)=C(C)N2. The summed E-state index contributed by atoms with van der Waals surface area (Å²) in [6.45, 7) is 6.02. The van der Waals surface area contributed by atoms with Crippen LogP contribution in [0.1, 0.15) is 37.6 Å². The quantitative estimate of drug-likeness (QED) is 0.575. The van der Waals surface area contributed by atoms with E-state index in [4.69, 9.17) is 0 Å². The van der Waals surface area contributed by atoms with Crippen LogP contribution in [0.2, 0.25) is 0 Å². The van der Waals surface area contributed by atoms with E-state index in [2.05, 4.69) is 32.6 Å². The zero-order chi connectivity index (χ0) is 21.1. The van der Waals surface area contributed by atoms with Crippen LogP contribution in [0.4, 0.5) is 11.6 Å². The van der Waals surface area contributed by atoms with Gasteiger partial charge in [-0.25, -0.2) is 4.68 Å². The molecule has 7 nitrogen and oxygen atoms in total. The summed E-state index contributed by atoms with van der Waals surface area (Å²) in [5, 5.41) is 11.6. The molecule has 3 aromatic rings. The molecule has 1 unspecified atom stereocenters. The average Bonchev–Trinajstić information content (AvgIpc) is 3.15. The molecule has 0 saturated heterocycles. The van der Waals surface area contributed by atoms with Gasteiger partial charge in [0.1, 0.15) is 6.04 Å². The number of hydrogen-bond acceptors (Lipinski definition) is 6. The van der Waals surface area contributed by atoms with E-state index < -0.39 is 6.04 Å². The zero-order valence-electron chi connectivity index (χ0n) is 17.2. The van der Waals surface area contributed by atoms with Gasteiger partial charge in [-0.15, -0.1) is 5.10 Å². The van der Waals surface area contributed by atoms with Crippen molar-refractivity contribution in [3.8, 4) is 0 Å². The van der Waals surface area contributed by atoms with Crippen LogP contribution in [0.3, 0.4) is 0 Å². The highest BCUT2D eigenvalue weighted by Crippen LogP contribution is 2.35. The summed E-state index contributed by atoms with van der Waals surface area (Å²) < 4.78 is 1.76. The standard InChI is InChI=1S/C22H24N6OS/c1-4-13-30-22-26-21-24-15(3)18(20(29)25-16-10-8-14(2)9-11-16)19(28(21)27-22)17-7-5-6-12-23-17/h5-12,19H,4,13H2,1-3H3,(H,25,29)(H,24,26,27). The molecule has 3 heterocycles. The maximum Gasteiger partial charge on any atom is 0.255 e. The van der Waals surface area contributed by atoms with Gasteiger partial charge < -0.3 is 10.6 Å².